The molecule has 0 atom stereocenters. The van der Waals surface area contributed by atoms with Gasteiger partial charge in [0.25, 0.3) is 0 Å². The van der Waals surface area contributed by atoms with Gasteiger partial charge in [0.1, 0.15) is 0 Å². The second kappa shape index (κ2) is 4.92. The molecule has 3 nitrogen and oxygen atoms in total. The van der Waals surface area contributed by atoms with Crippen molar-refractivity contribution in [3.8, 4) is 17.0 Å². The molecule has 1 heterocycles. The van der Waals surface area contributed by atoms with E-state index in [1.165, 1.54) is 36.8 Å². The van der Waals surface area contributed by atoms with Crippen molar-refractivity contribution in [1.29, 1.82) is 0 Å². The van der Waals surface area contributed by atoms with Gasteiger partial charge >= 0.3 is 0 Å². The molecule has 1 aromatic carbocycles. The number of pyridine rings is 1. The monoisotopic (exact) mass is 254 g/mol. The summed E-state index contributed by atoms with van der Waals surface area (Å²) >= 11 is 0. The SMILES string of the molecule is COc1ccc(-c2ccc3c(c2)CCCC3)nc1N. The van der Waals surface area contributed by atoms with Gasteiger partial charge < -0.3 is 10.5 Å². The number of hydrogen-bond donors (Lipinski definition) is 1. The van der Waals surface area contributed by atoms with Gasteiger partial charge in [0.05, 0.1) is 12.8 Å². The van der Waals surface area contributed by atoms with Gasteiger partial charge in [-0.05, 0) is 55.0 Å². The number of benzene rings is 1. The summed E-state index contributed by atoms with van der Waals surface area (Å²) < 4.78 is 5.14. The smallest absolute Gasteiger partial charge is 0.166 e. The molecule has 19 heavy (non-hydrogen) atoms. The standard InChI is InChI=1S/C16H18N2O/c1-19-15-9-8-14(18-16(15)17)13-7-6-11-4-2-3-5-12(11)10-13/h6-10H,2-5H2,1H3,(H2,17,18). The number of rotatable bonds is 2. The lowest BCUT2D eigenvalue weighted by Crippen LogP contribution is -2.03. The van der Waals surface area contributed by atoms with Crippen LogP contribution in [0.5, 0.6) is 5.75 Å². The Morgan fingerprint density at radius 2 is 1.84 bits per heavy atom. The highest BCUT2D eigenvalue weighted by atomic mass is 16.5. The number of methoxy groups -OCH3 is 1. The average Bonchev–Trinajstić information content (AvgIpc) is 2.46. The molecule has 98 valence electrons. The van der Waals surface area contributed by atoms with E-state index in [4.69, 9.17) is 10.5 Å². The minimum absolute atomic E-state index is 0.442. The highest BCUT2D eigenvalue weighted by molar-refractivity contribution is 5.65. The highest BCUT2D eigenvalue weighted by Gasteiger charge is 2.11. The molecule has 3 rings (SSSR count). The lowest BCUT2D eigenvalue weighted by atomic mass is 9.90. The van der Waals surface area contributed by atoms with Gasteiger partial charge in [0.15, 0.2) is 11.6 Å². The van der Waals surface area contributed by atoms with Crippen LogP contribution in [0.2, 0.25) is 0 Å². The second-order valence-electron chi connectivity index (χ2n) is 4.97. The Kier molecular flexibility index (Phi) is 3.11. The number of ether oxygens (including phenoxy) is 1. The van der Waals surface area contributed by atoms with Crippen molar-refractivity contribution >= 4 is 5.82 Å². The molecule has 0 radical (unpaired) electrons. The maximum absolute atomic E-state index is 5.87. The molecule has 2 aromatic rings. The summed E-state index contributed by atoms with van der Waals surface area (Å²) in [7, 11) is 1.60. The molecule has 1 aliphatic carbocycles. The summed E-state index contributed by atoms with van der Waals surface area (Å²) in [6.07, 6.45) is 4.97. The summed E-state index contributed by atoms with van der Waals surface area (Å²) in [5.74, 6) is 1.07. The van der Waals surface area contributed by atoms with E-state index in [0.717, 1.165) is 11.3 Å². The fourth-order valence-corrected chi connectivity index (χ4v) is 2.69. The number of nitrogens with zero attached hydrogens (tertiary/aromatic N) is 1. The number of nitrogens with two attached hydrogens (primary N) is 1. The van der Waals surface area contributed by atoms with Crippen LogP contribution >= 0.6 is 0 Å². The van der Waals surface area contributed by atoms with Crippen LogP contribution < -0.4 is 10.5 Å². The van der Waals surface area contributed by atoms with E-state index in [1.807, 2.05) is 12.1 Å². The van der Waals surface area contributed by atoms with Gasteiger partial charge in [-0.3, -0.25) is 0 Å². The van der Waals surface area contributed by atoms with Crippen molar-refractivity contribution in [1.82, 2.24) is 4.98 Å². The first-order chi connectivity index (χ1) is 9.28. The van der Waals surface area contributed by atoms with Crippen LogP contribution in [0.3, 0.4) is 0 Å². The topological polar surface area (TPSA) is 48.1 Å². The van der Waals surface area contributed by atoms with E-state index in [0.29, 0.717) is 11.6 Å². The Morgan fingerprint density at radius 1 is 1.05 bits per heavy atom. The third-order valence-corrected chi connectivity index (χ3v) is 3.75. The molecule has 0 fully saturated rings. The van der Waals surface area contributed by atoms with Crippen LogP contribution in [0.15, 0.2) is 30.3 Å². The van der Waals surface area contributed by atoms with E-state index in [2.05, 4.69) is 23.2 Å². The summed E-state index contributed by atoms with van der Waals surface area (Å²) in [5, 5.41) is 0. The van der Waals surface area contributed by atoms with Gasteiger partial charge in [0.2, 0.25) is 0 Å². The lowest BCUT2D eigenvalue weighted by molar-refractivity contribution is 0.415. The minimum atomic E-state index is 0.442. The zero-order chi connectivity index (χ0) is 13.2. The molecule has 0 amide bonds. The van der Waals surface area contributed by atoms with Gasteiger partial charge in [-0.2, -0.15) is 0 Å². The van der Waals surface area contributed by atoms with Crippen LogP contribution in [-0.4, -0.2) is 12.1 Å². The Bertz CT molecular complexity index is 608. The molecule has 0 aliphatic heterocycles. The molecule has 0 unspecified atom stereocenters. The largest absolute Gasteiger partial charge is 0.493 e. The first kappa shape index (κ1) is 12.0. The lowest BCUT2D eigenvalue weighted by Gasteiger charge is -2.16. The zero-order valence-electron chi connectivity index (χ0n) is 11.1. The highest BCUT2D eigenvalue weighted by Crippen LogP contribution is 2.29. The number of fused-ring (bicyclic) bond motifs is 1. The van der Waals surface area contributed by atoms with Crippen LogP contribution in [0.1, 0.15) is 24.0 Å². The van der Waals surface area contributed by atoms with Crippen molar-refractivity contribution in [2.75, 3.05) is 12.8 Å². The quantitative estimate of drug-likeness (QED) is 0.895. The van der Waals surface area contributed by atoms with Crippen molar-refractivity contribution < 1.29 is 4.74 Å². The molecule has 3 heteroatoms. The maximum Gasteiger partial charge on any atom is 0.166 e. The third-order valence-electron chi connectivity index (χ3n) is 3.75. The molecule has 1 aromatic heterocycles. The number of hydrogen-bond acceptors (Lipinski definition) is 3. The minimum Gasteiger partial charge on any atom is -0.493 e. The molecular weight excluding hydrogens is 236 g/mol. The van der Waals surface area contributed by atoms with Gasteiger partial charge in [0, 0.05) is 5.56 Å². The summed E-state index contributed by atoms with van der Waals surface area (Å²) in [5.41, 5.74) is 10.9. The van der Waals surface area contributed by atoms with Crippen molar-refractivity contribution in [2.45, 2.75) is 25.7 Å². The van der Waals surface area contributed by atoms with Gasteiger partial charge in [-0.15, -0.1) is 0 Å². The van der Waals surface area contributed by atoms with Crippen LogP contribution in [0.25, 0.3) is 11.3 Å². The van der Waals surface area contributed by atoms with Crippen molar-refractivity contribution in [3.05, 3.63) is 41.5 Å². The molecule has 0 bridgehead atoms. The van der Waals surface area contributed by atoms with Crippen LogP contribution in [0.4, 0.5) is 5.82 Å². The Labute approximate surface area is 113 Å². The fourth-order valence-electron chi connectivity index (χ4n) is 2.69. The normalized spacial score (nSPS) is 13.9. The van der Waals surface area contributed by atoms with E-state index in [1.54, 1.807) is 7.11 Å². The number of aromatic nitrogens is 1. The Morgan fingerprint density at radius 3 is 2.58 bits per heavy atom. The summed E-state index contributed by atoms with van der Waals surface area (Å²) in [6.45, 7) is 0. The Balaban J connectivity index is 2.00. The van der Waals surface area contributed by atoms with E-state index < -0.39 is 0 Å². The number of nitrogen functional groups attached to an aromatic ring is 1. The summed E-state index contributed by atoms with van der Waals surface area (Å²) in [6, 6.07) is 10.4. The van der Waals surface area contributed by atoms with Gasteiger partial charge in [-0.1, -0.05) is 12.1 Å². The Hall–Kier alpha value is -2.03. The zero-order valence-corrected chi connectivity index (χ0v) is 11.1. The molecule has 0 saturated carbocycles. The first-order valence-corrected chi connectivity index (χ1v) is 6.70. The molecule has 1 aliphatic rings. The van der Waals surface area contributed by atoms with E-state index >= 15 is 0 Å². The molecule has 0 spiro atoms. The van der Waals surface area contributed by atoms with Gasteiger partial charge in [-0.25, -0.2) is 4.98 Å². The first-order valence-electron chi connectivity index (χ1n) is 6.70. The molecule has 2 N–H and O–H groups in total. The molecular formula is C16H18N2O. The van der Waals surface area contributed by atoms with E-state index in [-0.39, 0.29) is 0 Å². The van der Waals surface area contributed by atoms with E-state index in [9.17, 15) is 0 Å². The predicted molar refractivity (Wildman–Crippen MR) is 77.3 cm³/mol. The number of anilines is 1. The summed E-state index contributed by atoms with van der Waals surface area (Å²) in [4.78, 5) is 4.42. The van der Waals surface area contributed by atoms with Crippen LogP contribution in [0, 0.1) is 0 Å². The predicted octanol–water partition coefficient (Wildman–Crippen LogP) is 3.22. The molecule has 0 saturated heterocycles. The van der Waals surface area contributed by atoms with Crippen molar-refractivity contribution in [2.24, 2.45) is 0 Å². The third kappa shape index (κ3) is 2.28. The van der Waals surface area contributed by atoms with Crippen molar-refractivity contribution in [3.63, 3.8) is 0 Å². The van der Waals surface area contributed by atoms with Crippen LogP contribution in [-0.2, 0) is 12.8 Å². The maximum atomic E-state index is 5.87. The average molecular weight is 254 g/mol. The second-order valence-corrected chi connectivity index (χ2v) is 4.97. The number of aryl methyl sites for hydroxylation is 2. The fraction of sp³-hybridized carbons (Fsp3) is 0.312.